The van der Waals surface area contributed by atoms with Crippen molar-refractivity contribution in [2.45, 2.75) is 38.4 Å². The van der Waals surface area contributed by atoms with Crippen molar-refractivity contribution < 1.29 is 13.2 Å². The summed E-state index contributed by atoms with van der Waals surface area (Å²) in [5, 5.41) is 4.51. The van der Waals surface area contributed by atoms with E-state index in [0.29, 0.717) is 11.0 Å². The Morgan fingerprint density at radius 2 is 2.19 bits per heavy atom. The molecule has 0 amide bonds. The molecule has 0 bridgehead atoms. The molecule has 0 aromatic carbocycles. The van der Waals surface area contributed by atoms with Crippen LogP contribution in [0.2, 0.25) is 0 Å². The van der Waals surface area contributed by atoms with E-state index in [1.165, 1.54) is 0 Å². The van der Waals surface area contributed by atoms with Crippen LogP contribution in [0.15, 0.2) is 5.38 Å². The molecule has 1 aliphatic rings. The molecule has 1 N–H and O–H groups in total. The summed E-state index contributed by atoms with van der Waals surface area (Å²) in [5.41, 5.74) is -0.800. The van der Waals surface area contributed by atoms with Crippen molar-refractivity contribution in [1.82, 2.24) is 4.98 Å². The molecule has 0 spiro atoms. The van der Waals surface area contributed by atoms with Crippen LogP contribution in [0.4, 0.5) is 18.3 Å². The minimum atomic E-state index is -4.33. The highest BCUT2D eigenvalue weighted by molar-refractivity contribution is 7.13. The van der Waals surface area contributed by atoms with Crippen LogP contribution in [0.5, 0.6) is 0 Å². The highest BCUT2D eigenvalue weighted by Gasteiger charge is 2.34. The molecule has 2 nitrogen and oxygen atoms in total. The minimum absolute atomic E-state index is 0.280. The number of anilines is 1. The number of nitrogens with zero attached hydrogens (tertiary/aromatic N) is 1. The highest BCUT2D eigenvalue weighted by Crippen LogP contribution is 2.33. The lowest BCUT2D eigenvalue weighted by atomic mass is 10.1. The number of nitrogens with one attached hydrogen (secondary N) is 1. The highest BCUT2D eigenvalue weighted by atomic mass is 32.1. The summed E-state index contributed by atoms with van der Waals surface area (Å²) in [5.74, 6) is 0.652. The van der Waals surface area contributed by atoms with E-state index < -0.39 is 11.9 Å². The average Bonchev–Trinajstić information content (AvgIpc) is 2.74. The predicted octanol–water partition coefficient (Wildman–Crippen LogP) is 3.76. The molecule has 6 heteroatoms. The van der Waals surface area contributed by atoms with E-state index >= 15 is 0 Å². The van der Waals surface area contributed by atoms with Gasteiger partial charge in [0.05, 0.1) is 0 Å². The Balaban J connectivity index is 1.98. The number of thiazole rings is 1. The van der Waals surface area contributed by atoms with Crippen LogP contribution in [0.3, 0.4) is 0 Å². The number of rotatable bonds is 2. The van der Waals surface area contributed by atoms with Crippen molar-refractivity contribution in [2.24, 2.45) is 5.92 Å². The Hall–Kier alpha value is -0.780. The fourth-order valence-electron chi connectivity index (χ4n) is 1.98. The van der Waals surface area contributed by atoms with Gasteiger partial charge in [-0.2, -0.15) is 13.2 Å². The van der Waals surface area contributed by atoms with E-state index in [-0.39, 0.29) is 6.04 Å². The third-order valence-corrected chi connectivity index (χ3v) is 3.59. The monoisotopic (exact) mass is 250 g/mol. The molecule has 90 valence electrons. The molecule has 1 aliphatic carbocycles. The molecule has 2 rings (SSSR count). The maximum Gasteiger partial charge on any atom is 0.434 e. The Kier molecular flexibility index (Phi) is 3.10. The summed E-state index contributed by atoms with van der Waals surface area (Å²) in [7, 11) is 0. The van der Waals surface area contributed by atoms with Gasteiger partial charge in [-0.1, -0.05) is 6.92 Å². The summed E-state index contributed by atoms with van der Waals surface area (Å²) >= 11 is 1.02. The molecular weight excluding hydrogens is 237 g/mol. The Bertz CT molecular complexity index is 361. The van der Waals surface area contributed by atoms with Crippen molar-refractivity contribution in [3.8, 4) is 0 Å². The molecule has 1 aromatic rings. The van der Waals surface area contributed by atoms with Gasteiger partial charge in [0.25, 0.3) is 0 Å². The van der Waals surface area contributed by atoms with Gasteiger partial charge in [0.2, 0.25) is 0 Å². The van der Waals surface area contributed by atoms with Gasteiger partial charge >= 0.3 is 6.18 Å². The van der Waals surface area contributed by atoms with Crippen molar-refractivity contribution in [3.63, 3.8) is 0 Å². The van der Waals surface area contributed by atoms with Gasteiger partial charge in [0.15, 0.2) is 10.8 Å². The molecule has 1 saturated carbocycles. The average molecular weight is 250 g/mol. The van der Waals surface area contributed by atoms with E-state index in [2.05, 4.69) is 17.2 Å². The first kappa shape index (κ1) is 11.7. The van der Waals surface area contributed by atoms with Crippen LogP contribution >= 0.6 is 11.3 Å². The topological polar surface area (TPSA) is 24.9 Å². The van der Waals surface area contributed by atoms with E-state index in [1.807, 2.05) is 0 Å². The number of aromatic nitrogens is 1. The van der Waals surface area contributed by atoms with Gasteiger partial charge < -0.3 is 5.32 Å². The van der Waals surface area contributed by atoms with Crippen molar-refractivity contribution >= 4 is 16.5 Å². The zero-order chi connectivity index (χ0) is 11.8. The summed E-state index contributed by atoms with van der Waals surface area (Å²) in [6.07, 6.45) is -1.17. The van der Waals surface area contributed by atoms with Gasteiger partial charge in [0.1, 0.15) is 0 Å². The van der Waals surface area contributed by atoms with Crippen molar-refractivity contribution in [1.29, 1.82) is 0 Å². The van der Waals surface area contributed by atoms with Crippen LogP contribution in [-0.2, 0) is 6.18 Å². The second-order valence-corrected chi connectivity index (χ2v) is 5.15. The lowest BCUT2D eigenvalue weighted by molar-refractivity contribution is -0.140. The summed E-state index contributed by atoms with van der Waals surface area (Å²) in [6, 6.07) is 0.280. The van der Waals surface area contributed by atoms with E-state index in [0.717, 1.165) is 36.0 Å². The SMILES string of the molecule is CC1CCC(Nc2nc(C(F)(F)F)cs2)C1. The molecule has 0 aliphatic heterocycles. The van der Waals surface area contributed by atoms with E-state index in [1.54, 1.807) is 0 Å². The molecule has 1 aromatic heterocycles. The van der Waals surface area contributed by atoms with Gasteiger partial charge in [-0.15, -0.1) is 11.3 Å². The zero-order valence-electron chi connectivity index (χ0n) is 8.84. The molecule has 1 heterocycles. The van der Waals surface area contributed by atoms with Crippen LogP contribution in [0.25, 0.3) is 0 Å². The van der Waals surface area contributed by atoms with Crippen LogP contribution < -0.4 is 5.32 Å². The fourth-order valence-corrected chi connectivity index (χ4v) is 2.78. The molecule has 2 unspecified atom stereocenters. The predicted molar refractivity (Wildman–Crippen MR) is 57.5 cm³/mol. The van der Waals surface area contributed by atoms with Crippen LogP contribution in [0, 0.1) is 5.92 Å². The normalized spacial score (nSPS) is 26.0. The maximum absolute atomic E-state index is 12.3. The van der Waals surface area contributed by atoms with Gasteiger partial charge in [-0.25, -0.2) is 4.98 Å². The zero-order valence-corrected chi connectivity index (χ0v) is 9.66. The van der Waals surface area contributed by atoms with E-state index in [9.17, 15) is 13.2 Å². The second-order valence-electron chi connectivity index (χ2n) is 4.30. The van der Waals surface area contributed by atoms with E-state index in [4.69, 9.17) is 0 Å². The Morgan fingerprint density at radius 3 is 2.69 bits per heavy atom. The largest absolute Gasteiger partial charge is 0.434 e. The number of hydrogen-bond donors (Lipinski definition) is 1. The summed E-state index contributed by atoms with van der Waals surface area (Å²) < 4.78 is 36.9. The standard InChI is InChI=1S/C10H13F3N2S/c1-6-2-3-7(4-6)14-9-15-8(5-16-9)10(11,12)13/h5-7H,2-4H2,1H3,(H,14,15). The van der Waals surface area contributed by atoms with Crippen LogP contribution in [0.1, 0.15) is 31.9 Å². The van der Waals surface area contributed by atoms with Gasteiger partial charge in [-0.3, -0.25) is 0 Å². The molecule has 2 atom stereocenters. The molecule has 1 fully saturated rings. The Labute approximate surface area is 95.9 Å². The number of hydrogen-bond acceptors (Lipinski definition) is 3. The van der Waals surface area contributed by atoms with Crippen LogP contribution in [-0.4, -0.2) is 11.0 Å². The molecule has 0 saturated heterocycles. The fraction of sp³-hybridized carbons (Fsp3) is 0.700. The molecule has 0 radical (unpaired) electrons. The van der Waals surface area contributed by atoms with Gasteiger partial charge in [0, 0.05) is 11.4 Å². The quantitative estimate of drug-likeness (QED) is 0.864. The molecular formula is C10H13F3N2S. The first-order chi connectivity index (χ1) is 7.45. The van der Waals surface area contributed by atoms with Crippen molar-refractivity contribution in [2.75, 3.05) is 5.32 Å². The molecule has 16 heavy (non-hydrogen) atoms. The lowest BCUT2D eigenvalue weighted by Crippen LogP contribution is -2.15. The summed E-state index contributed by atoms with van der Waals surface area (Å²) in [4.78, 5) is 3.55. The Morgan fingerprint density at radius 1 is 1.44 bits per heavy atom. The summed E-state index contributed by atoms with van der Waals surface area (Å²) in [6.45, 7) is 2.16. The van der Waals surface area contributed by atoms with Gasteiger partial charge in [-0.05, 0) is 25.2 Å². The van der Waals surface area contributed by atoms with Crippen molar-refractivity contribution in [3.05, 3.63) is 11.1 Å². The second kappa shape index (κ2) is 4.24. The minimum Gasteiger partial charge on any atom is -0.359 e. The third-order valence-electron chi connectivity index (χ3n) is 2.82. The first-order valence-electron chi connectivity index (χ1n) is 5.24. The number of alkyl halides is 3. The smallest absolute Gasteiger partial charge is 0.359 e. The maximum atomic E-state index is 12.3. The first-order valence-corrected chi connectivity index (χ1v) is 6.12. The third kappa shape index (κ3) is 2.66. The number of halogens is 3. The lowest BCUT2D eigenvalue weighted by Gasteiger charge is -2.10.